The highest BCUT2D eigenvalue weighted by atomic mass is 16.7. The number of aryl methyl sites for hydroxylation is 1. The summed E-state index contributed by atoms with van der Waals surface area (Å²) in [5, 5.41) is 1.33. The monoisotopic (exact) mass is 430 g/mol. The van der Waals surface area contributed by atoms with Crippen LogP contribution in [0.2, 0.25) is 0 Å². The van der Waals surface area contributed by atoms with Crippen LogP contribution in [0.15, 0.2) is 42.5 Å². The summed E-state index contributed by atoms with van der Waals surface area (Å²) < 4.78 is 10.9. The molecule has 1 fully saturated rings. The van der Waals surface area contributed by atoms with E-state index in [1.807, 2.05) is 18.2 Å². The smallest absolute Gasteiger partial charge is 0.231 e. The van der Waals surface area contributed by atoms with Crippen LogP contribution in [0.1, 0.15) is 61.4 Å². The highest BCUT2D eigenvalue weighted by Crippen LogP contribution is 2.44. The predicted octanol–water partition coefficient (Wildman–Crippen LogP) is 5.54. The summed E-state index contributed by atoms with van der Waals surface area (Å²) in [4.78, 5) is 19.5. The first kappa shape index (κ1) is 19.7. The normalized spacial score (nSPS) is 20.5. The maximum Gasteiger partial charge on any atom is 0.231 e. The van der Waals surface area contributed by atoms with Gasteiger partial charge in [0.25, 0.3) is 0 Å². The number of amides is 1. The molecule has 1 atom stereocenters. The van der Waals surface area contributed by atoms with Gasteiger partial charge in [0.15, 0.2) is 11.5 Å². The molecule has 3 aromatic rings. The van der Waals surface area contributed by atoms with Gasteiger partial charge in [0.2, 0.25) is 12.7 Å². The van der Waals surface area contributed by atoms with Crippen LogP contribution in [0, 0.1) is 5.92 Å². The Morgan fingerprint density at radius 3 is 2.78 bits per heavy atom. The average molecular weight is 431 g/mol. The molecule has 0 bridgehead atoms. The molecule has 32 heavy (non-hydrogen) atoms. The molecule has 2 aliphatic heterocycles. The van der Waals surface area contributed by atoms with E-state index in [4.69, 9.17) is 9.47 Å². The van der Waals surface area contributed by atoms with Gasteiger partial charge in [-0.05, 0) is 60.9 Å². The highest BCUT2D eigenvalue weighted by molar-refractivity contribution is 5.86. The van der Waals surface area contributed by atoms with Crippen molar-refractivity contribution in [2.75, 3.05) is 13.3 Å². The van der Waals surface area contributed by atoms with Crippen LogP contribution in [-0.2, 0) is 17.6 Å². The first-order valence-electron chi connectivity index (χ1n) is 12.1. The number of para-hydroxylation sites is 1. The Kier molecular flexibility index (Phi) is 5.05. The third kappa shape index (κ3) is 3.44. The number of hydrogen-bond acceptors (Lipinski definition) is 3. The fourth-order valence-corrected chi connectivity index (χ4v) is 5.98. The average Bonchev–Trinajstić information content (AvgIpc) is 3.46. The third-order valence-corrected chi connectivity index (χ3v) is 7.56. The van der Waals surface area contributed by atoms with Crippen molar-refractivity contribution in [1.29, 1.82) is 0 Å². The number of benzene rings is 2. The molecule has 1 aliphatic carbocycles. The molecule has 0 radical (unpaired) electrons. The van der Waals surface area contributed by atoms with Crippen LogP contribution < -0.4 is 9.47 Å². The second kappa shape index (κ2) is 8.19. The summed E-state index contributed by atoms with van der Waals surface area (Å²) in [6.07, 6.45) is 8.48. The van der Waals surface area contributed by atoms with Crippen molar-refractivity contribution in [2.24, 2.45) is 5.92 Å². The molecule has 1 amide bonds. The van der Waals surface area contributed by atoms with Gasteiger partial charge in [-0.1, -0.05) is 43.5 Å². The fraction of sp³-hybridized carbons (Fsp3) is 0.444. The number of nitrogens with one attached hydrogen (secondary N) is 1. The minimum Gasteiger partial charge on any atom is -0.454 e. The second-order valence-corrected chi connectivity index (χ2v) is 9.43. The molecule has 5 nitrogen and oxygen atoms in total. The van der Waals surface area contributed by atoms with Gasteiger partial charge in [-0.2, -0.15) is 0 Å². The van der Waals surface area contributed by atoms with Crippen LogP contribution in [0.25, 0.3) is 10.9 Å². The summed E-state index contributed by atoms with van der Waals surface area (Å²) in [6.45, 7) is 1.09. The Balaban J connectivity index is 1.26. The Morgan fingerprint density at radius 2 is 1.88 bits per heavy atom. The number of H-pyrrole nitrogens is 1. The van der Waals surface area contributed by atoms with E-state index < -0.39 is 0 Å². The second-order valence-electron chi connectivity index (χ2n) is 9.43. The molecule has 1 saturated carbocycles. The molecule has 166 valence electrons. The van der Waals surface area contributed by atoms with Crippen molar-refractivity contribution in [2.45, 2.75) is 57.4 Å². The van der Waals surface area contributed by atoms with Crippen LogP contribution in [0.3, 0.4) is 0 Å². The van der Waals surface area contributed by atoms with Gasteiger partial charge in [-0.15, -0.1) is 0 Å². The summed E-state index contributed by atoms with van der Waals surface area (Å²) in [5.41, 5.74) is 5.05. The maximum absolute atomic E-state index is 13.5. The lowest BCUT2D eigenvalue weighted by Gasteiger charge is -2.42. The van der Waals surface area contributed by atoms with E-state index in [2.05, 4.69) is 34.1 Å². The highest BCUT2D eigenvalue weighted by Gasteiger charge is 2.38. The molecular formula is C27H30N2O3. The van der Waals surface area contributed by atoms with Crippen molar-refractivity contribution in [1.82, 2.24) is 9.88 Å². The number of ether oxygens (including phenoxy) is 2. The van der Waals surface area contributed by atoms with Gasteiger partial charge in [0, 0.05) is 29.6 Å². The molecule has 1 aromatic heterocycles. The van der Waals surface area contributed by atoms with Crippen molar-refractivity contribution < 1.29 is 14.3 Å². The van der Waals surface area contributed by atoms with Crippen molar-refractivity contribution in [3.8, 4) is 11.5 Å². The minimum absolute atomic E-state index is 0.177. The summed E-state index contributed by atoms with van der Waals surface area (Å²) in [7, 11) is 0. The molecule has 6 rings (SSSR count). The zero-order valence-corrected chi connectivity index (χ0v) is 18.4. The molecule has 5 heteroatoms. The van der Waals surface area contributed by atoms with Crippen LogP contribution in [0.4, 0.5) is 0 Å². The van der Waals surface area contributed by atoms with Gasteiger partial charge < -0.3 is 19.4 Å². The molecule has 0 saturated heterocycles. The molecular weight excluding hydrogens is 400 g/mol. The van der Waals surface area contributed by atoms with Gasteiger partial charge in [-0.3, -0.25) is 4.79 Å². The molecule has 0 unspecified atom stereocenters. The van der Waals surface area contributed by atoms with Gasteiger partial charge in [-0.25, -0.2) is 0 Å². The zero-order valence-electron chi connectivity index (χ0n) is 18.4. The first-order chi connectivity index (χ1) is 15.8. The summed E-state index contributed by atoms with van der Waals surface area (Å²) >= 11 is 0. The van der Waals surface area contributed by atoms with Gasteiger partial charge in [0.1, 0.15) is 0 Å². The van der Waals surface area contributed by atoms with Crippen LogP contribution in [-0.4, -0.2) is 29.1 Å². The fourth-order valence-electron chi connectivity index (χ4n) is 5.98. The number of aromatic amines is 1. The van der Waals surface area contributed by atoms with E-state index >= 15 is 0 Å². The summed E-state index contributed by atoms with van der Waals surface area (Å²) in [5.74, 6) is 2.39. The van der Waals surface area contributed by atoms with E-state index in [1.54, 1.807) is 0 Å². The largest absolute Gasteiger partial charge is 0.454 e. The van der Waals surface area contributed by atoms with Gasteiger partial charge >= 0.3 is 0 Å². The molecule has 2 aromatic carbocycles. The number of fused-ring (bicyclic) bond motifs is 4. The Labute approximate surface area is 188 Å². The predicted molar refractivity (Wildman–Crippen MR) is 124 cm³/mol. The number of nitrogens with zero attached hydrogens (tertiary/aromatic N) is 1. The Hall–Kier alpha value is -2.95. The van der Waals surface area contributed by atoms with Crippen molar-refractivity contribution in [3.63, 3.8) is 0 Å². The van der Waals surface area contributed by atoms with Gasteiger partial charge in [0.05, 0.1) is 6.04 Å². The van der Waals surface area contributed by atoms with Crippen LogP contribution in [0.5, 0.6) is 11.5 Å². The quantitative estimate of drug-likeness (QED) is 0.592. The molecule has 3 heterocycles. The lowest BCUT2D eigenvalue weighted by molar-refractivity contribution is -0.135. The lowest BCUT2D eigenvalue weighted by Crippen LogP contribution is -2.43. The zero-order chi connectivity index (χ0) is 21.5. The Morgan fingerprint density at radius 1 is 1.03 bits per heavy atom. The van der Waals surface area contributed by atoms with Crippen molar-refractivity contribution in [3.05, 3.63) is 59.3 Å². The van der Waals surface area contributed by atoms with E-state index in [-0.39, 0.29) is 18.7 Å². The number of hydrogen-bond donors (Lipinski definition) is 1. The van der Waals surface area contributed by atoms with E-state index in [9.17, 15) is 4.79 Å². The number of aromatic nitrogens is 1. The number of rotatable bonds is 4. The maximum atomic E-state index is 13.5. The first-order valence-corrected chi connectivity index (χ1v) is 12.1. The molecule has 0 spiro atoms. The van der Waals surface area contributed by atoms with E-state index in [0.717, 1.165) is 36.4 Å². The third-order valence-electron chi connectivity index (χ3n) is 7.56. The lowest BCUT2D eigenvalue weighted by atomic mass is 9.79. The van der Waals surface area contributed by atoms with Crippen molar-refractivity contribution >= 4 is 16.8 Å². The minimum atomic E-state index is 0.177. The summed E-state index contributed by atoms with van der Waals surface area (Å²) in [6, 6.07) is 14.8. The number of carbonyl (C=O) groups excluding carboxylic acids is 1. The number of carbonyl (C=O) groups is 1. The molecule has 1 N–H and O–H groups in total. The Bertz CT molecular complexity index is 1150. The standard InChI is InChI=1S/C27H30N2O3/c30-25(13-11-18-10-12-23-24(16-18)32-17-31-23)29-15-14-21-20-8-4-5-9-22(20)28-26(21)27(29)19-6-2-1-3-7-19/h4-5,8-10,12,16,19,27-28H,1-3,6-7,11,13-15,17H2/t27-/m1/s1. The molecule has 3 aliphatic rings. The van der Waals surface area contributed by atoms with E-state index in [1.165, 1.54) is 54.3 Å². The topological polar surface area (TPSA) is 54.6 Å². The van der Waals surface area contributed by atoms with E-state index in [0.29, 0.717) is 12.3 Å². The SMILES string of the molecule is O=C(CCc1ccc2c(c1)OCO2)N1CCc2c([nH]c3ccccc23)[C@H]1C1CCCCC1. The van der Waals surface area contributed by atoms with Crippen LogP contribution >= 0.6 is 0 Å².